The van der Waals surface area contributed by atoms with E-state index in [2.05, 4.69) is 5.32 Å². The molecular formula is C19H19F2N3O3. The number of anilines is 2. The Bertz CT molecular complexity index is 852. The number of carbonyl (C=O) groups excluding carboxylic acids is 2. The van der Waals surface area contributed by atoms with Crippen LogP contribution in [0.15, 0.2) is 42.5 Å². The molecule has 1 saturated heterocycles. The highest BCUT2D eigenvalue weighted by molar-refractivity contribution is 5.96. The van der Waals surface area contributed by atoms with Crippen molar-refractivity contribution in [3.05, 3.63) is 59.7 Å². The minimum Gasteiger partial charge on any atom is -0.465 e. The zero-order chi connectivity index (χ0) is 19.4. The Labute approximate surface area is 155 Å². The molecule has 1 heterocycles. The van der Waals surface area contributed by atoms with E-state index in [9.17, 15) is 18.4 Å². The summed E-state index contributed by atoms with van der Waals surface area (Å²) in [5.41, 5.74) is 1.14. The van der Waals surface area contributed by atoms with Crippen LogP contribution in [0.1, 0.15) is 10.4 Å². The van der Waals surface area contributed by atoms with Gasteiger partial charge >= 0.3 is 12.0 Å². The molecule has 6 nitrogen and oxygen atoms in total. The molecule has 0 saturated carbocycles. The normalized spacial score (nSPS) is 14.0. The molecule has 0 unspecified atom stereocenters. The van der Waals surface area contributed by atoms with Gasteiger partial charge in [0.15, 0.2) is 0 Å². The van der Waals surface area contributed by atoms with Crippen molar-refractivity contribution in [2.75, 3.05) is 43.5 Å². The van der Waals surface area contributed by atoms with E-state index >= 15 is 0 Å². The van der Waals surface area contributed by atoms with Crippen LogP contribution in [0.3, 0.4) is 0 Å². The van der Waals surface area contributed by atoms with Crippen LogP contribution in [0.2, 0.25) is 0 Å². The number of carbonyl (C=O) groups is 2. The maximum Gasteiger partial charge on any atom is 0.339 e. The van der Waals surface area contributed by atoms with Gasteiger partial charge in [-0.1, -0.05) is 12.1 Å². The van der Waals surface area contributed by atoms with E-state index in [0.29, 0.717) is 31.7 Å². The second-order valence-electron chi connectivity index (χ2n) is 6.04. The number of para-hydroxylation sites is 1. The molecule has 2 amide bonds. The van der Waals surface area contributed by atoms with E-state index in [1.54, 1.807) is 17.0 Å². The van der Waals surface area contributed by atoms with E-state index in [0.717, 1.165) is 17.8 Å². The number of nitrogens with one attached hydrogen (secondary N) is 1. The fourth-order valence-corrected chi connectivity index (χ4v) is 2.97. The van der Waals surface area contributed by atoms with Crippen LogP contribution in [0.5, 0.6) is 0 Å². The molecule has 27 heavy (non-hydrogen) atoms. The lowest BCUT2D eigenvalue weighted by atomic mass is 10.1. The number of hydrogen-bond acceptors (Lipinski definition) is 4. The third-order valence-electron chi connectivity index (χ3n) is 4.39. The Morgan fingerprint density at radius 1 is 1.04 bits per heavy atom. The lowest BCUT2D eigenvalue weighted by Gasteiger charge is -2.36. The smallest absolute Gasteiger partial charge is 0.339 e. The van der Waals surface area contributed by atoms with Crippen LogP contribution < -0.4 is 10.2 Å². The van der Waals surface area contributed by atoms with Crippen molar-refractivity contribution in [1.82, 2.24) is 4.90 Å². The number of urea groups is 1. The van der Waals surface area contributed by atoms with E-state index in [4.69, 9.17) is 4.74 Å². The standard InChI is InChI=1S/C19H19F2N3O3/c1-27-18(25)14-4-2-3-5-17(14)23-8-10-24(11-9-23)19(26)22-16-7-6-13(20)12-15(16)21/h2-7,12H,8-11H2,1H3,(H,22,26). The number of ether oxygens (including phenoxy) is 1. The number of benzene rings is 2. The fraction of sp³-hybridized carbons (Fsp3) is 0.263. The topological polar surface area (TPSA) is 61.9 Å². The van der Waals surface area contributed by atoms with Gasteiger partial charge in [-0.25, -0.2) is 18.4 Å². The summed E-state index contributed by atoms with van der Waals surface area (Å²) < 4.78 is 31.5. The minimum atomic E-state index is -0.825. The summed E-state index contributed by atoms with van der Waals surface area (Å²) in [7, 11) is 1.33. The highest BCUT2D eigenvalue weighted by Crippen LogP contribution is 2.23. The van der Waals surface area contributed by atoms with Gasteiger partial charge in [0.05, 0.1) is 24.0 Å². The summed E-state index contributed by atoms with van der Waals surface area (Å²) in [5.74, 6) is -1.95. The number of piperazine rings is 1. The number of hydrogen-bond donors (Lipinski definition) is 1. The van der Waals surface area contributed by atoms with Crippen molar-refractivity contribution < 1.29 is 23.1 Å². The lowest BCUT2D eigenvalue weighted by Crippen LogP contribution is -2.50. The first-order valence-corrected chi connectivity index (χ1v) is 8.43. The van der Waals surface area contributed by atoms with Crippen LogP contribution in [0.25, 0.3) is 0 Å². The Morgan fingerprint density at radius 3 is 2.41 bits per heavy atom. The van der Waals surface area contributed by atoms with Crippen LogP contribution in [0.4, 0.5) is 25.0 Å². The van der Waals surface area contributed by atoms with Crippen molar-refractivity contribution >= 4 is 23.4 Å². The summed E-state index contributed by atoms with van der Waals surface area (Å²) >= 11 is 0. The zero-order valence-electron chi connectivity index (χ0n) is 14.7. The second kappa shape index (κ2) is 8.03. The van der Waals surface area contributed by atoms with Gasteiger partial charge in [-0.2, -0.15) is 0 Å². The first-order valence-electron chi connectivity index (χ1n) is 8.43. The van der Waals surface area contributed by atoms with Gasteiger partial charge < -0.3 is 19.9 Å². The lowest BCUT2D eigenvalue weighted by molar-refractivity contribution is 0.0601. The highest BCUT2D eigenvalue weighted by atomic mass is 19.1. The van der Waals surface area contributed by atoms with Crippen molar-refractivity contribution in [1.29, 1.82) is 0 Å². The number of nitrogens with zero attached hydrogens (tertiary/aromatic N) is 2. The number of halogens is 2. The first kappa shape index (κ1) is 18.6. The van der Waals surface area contributed by atoms with Gasteiger partial charge in [-0.05, 0) is 24.3 Å². The molecule has 0 atom stereocenters. The number of rotatable bonds is 3. The van der Waals surface area contributed by atoms with Gasteiger partial charge in [-0.15, -0.1) is 0 Å². The first-order chi connectivity index (χ1) is 13.0. The Balaban J connectivity index is 1.64. The molecule has 2 aromatic carbocycles. The largest absolute Gasteiger partial charge is 0.465 e. The van der Waals surface area contributed by atoms with Crippen molar-refractivity contribution in [3.63, 3.8) is 0 Å². The molecule has 142 valence electrons. The SMILES string of the molecule is COC(=O)c1ccccc1N1CCN(C(=O)Nc2ccc(F)cc2F)CC1. The third kappa shape index (κ3) is 4.16. The maximum absolute atomic E-state index is 13.7. The van der Waals surface area contributed by atoms with Crippen molar-refractivity contribution in [2.45, 2.75) is 0 Å². The van der Waals surface area contributed by atoms with Crippen LogP contribution in [-0.4, -0.2) is 50.2 Å². The van der Waals surface area contributed by atoms with Crippen LogP contribution in [-0.2, 0) is 4.74 Å². The number of amides is 2. The molecule has 3 rings (SSSR count). The van der Waals surface area contributed by atoms with Gasteiger partial charge in [0.1, 0.15) is 11.6 Å². The molecule has 0 bridgehead atoms. The Morgan fingerprint density at radius 2 is 1.74 bits per heavy atom. The highest BCUT2D eigenvalue weighted by Gasteiger charge is 2.24. The molecule has 0 spiro atoms. The van der Waals surface area contributed by atoms with E-state index in [1.165, 1.54) is 13.2 Å². The van der Waals surface area contributed by atoms with Gasteiger partial charge in [0.2, 0.25) is 0 Å². The summed E-state index contributed by atoms with van der Waals surface area (Å²) in [6, 6.07) is 9.65. The summed E-state index contributed by atoms with van der Waals surface area (Å²) in [6.45, 7) is 1.80. The summed E-state index contributed by atoms with van der Waals surface area (Å²) in [5, 5.41) is 2.45. The Kier molecular flexibility index (Phi) is 5.54. The molecule has 1 aliphatic rings. The van der Waals surface area contributed by atoms with Crippen LogP contribution in [0, 0.1) is 11.6 Å². The van der Waals surface area contributed by atoms with E-state index < -0.39 is 23.6 Å². The second-order valence-corrected chi connectivity index (χ2v) is 6.04. The predicted molar refractivity (Wildman–Crippen MR) is 96.9 cm³/mol. The summed E-state index contributed by atoms with van der Waals surface area (Å²) in [4.78, 5) is 27.8. The molecule has 8 heteroatoms. The molecule has 1 aliphatic heterocycles. The number of methoxy groups -OCH3 is 1. The van der Waals surface area contributed by atoms with E-state index in [-0.39, 0.29) is 5.69 Å². The average molecular weight is 375 g/mol. The fourth-order valence-electron chi connectivity index (χ4n) is 2.97. The predicted octanol–water partition coefficient (Wildman–Crippen LogP) is 3.11. The molecule has 2 aromatic rings. The molecule has 1 fully saturated rings. The van der Waals surface area contributed by atoms with Gasteiger partial charge in [-0.3, -0.25) is 0 Å². The van der Waals surface area contributed by atoms with Gasteiger partial charge in [0, 0.05) is 32.2 Å². The Hall–Kier alpha value is -3.16. The van der Waals surface area contributed by atoms with Gasteiger partial charge in [0.25, 0.3) is 0 Å². The molecule has 1 N–H and O–H groups in total. The van der Waals surface area contributed by atoms with Crippen LogP contribution >= 0.6 is 0 Å². The molecule has 0 aliphatic carbocycles. The molecule has 0 radical (unpaired) electrons. The van der Waals surface area contributed by atoms with E-state index in [1.807, 2.05) is 17.0 Å². The molecular weight excluding hydrogens is 356 g/mol. The zero-order valence-corrected chi connectivity index (χ0v) is 14.7. The average Bonchev–Trinajstić information content (AvgIpc) is 2.69. The molecule has 0 aromatic heterocycles. The summed E-state index contributed by atoms with van der Waals surface area (Å²) in [6.07, 6.45) is 0. The van der Waals surface area contributed by atoms with Crippen molar-refractivity contribution in [2.24, 2.45) is 0 Å². The maximum atomic E-state index is 13.7. The third-order valence-corrected chi connectivity index (χ3v) is 4.39. The van der Waals surface area contributed by atoms with Crippen molar-refractivity contribution in [3.8, 4) is 0 Å². The monoisotopic (exact) mass is 375 g/mol. The quantitative estimate of drug-likeness (QED) is 0.838. The minimum absolute atomic E-state index is 0.0696. The number of esters is 1.